The molecule has 4 rings (SSSR count). The van der Waals surface area contributed by atoms with Crippen LogP contribution in [0.15, 0.2) is 62.9 Å². The van der Waals surface area contributed by atoms with Crippen LogP contribution in [0.2, 0.25) is 15.1 Å². The zero-order valence-corrected chi connectivity index (χ0v) is 24.0. The van der Waals surface area contributed by atoms with Crippen molar-refractivity contribution in [3.63, 3.8) is 0 Å². The molecule has 8 nitrogen and oxygen atoms in total. The fourth-order valence-electron chi connectivity index (χ4n) is 3.64. The third kappa shape index (κ3) is 6.02. The summed E-state index contributed by atoms with van der Waals surface area (Å²) in [7, 11) is 0. The molecule has 0 unspecified atom stereocenters. The van der Waals surface area contributed by atoms with Crippen molar-refractivity contribution in [2.45, 2.75) is 32.8 Å². The van der Waals surface area contributed by atoms with Crippen molar-refractivity contribution in [2.24, 2.45) is 5.10 Å². The highest BCUT2D eigenvalue weighted by atomic mass is 79.9. The van der Waals surface area contributed by atoms with Gasteiger partial charge in [-0.1, -0.05) is 70.6 Å². The van der Waals surface area contributed by atoms with Crippen LogP contribution in [0.25, 0.3) is 10.9 Å². The standard InChI is InChI=1S/C26H20BrCl3N4O4/c1-3-14(2)25-32-22-7-5-17(27)10-19(22)26(35)33(25)31-12-15-8-21(30)24(23(9-15)34(36)37)38-13-16-4-6-18(28)11-20(16)29/h4-12,14H,3,13H2,1-2H3/t14-/m1/s1. The van der Waals surface area contributed by atoms with Gasteiger partial charge in [0, 0.05) is 37.6 Å². The average Bonchev–Trinajstić information content (AvgIpc) is 2.87. The molecule has 1 aromatic heterocycles. The number of nitrogens with zero attached hydrogens (tertiary/aromatic N) is 4. The normalized spacial score (nSPS) is 12.3. The molecule has 1 heterocycles. The lowest BCUT2D eigenvalue weighted by Gasteiger charge is -2.14. The maximum Gasteiger partial charge on any atom is 0.313 e. The number of hydrogen-bond acceptors (Lipinski definition) is 6. The first kappa shape index (κ1) is 28.0. The zero-order chi connectivity index (χ0) is 27.6. The lowest BCUT2D eigenvalue weighted by molar-refractivity contribution is -0.385. The molecule has 3 aromatic carbocycles. The van der Waals surface area contributed by atoms with Crippen LogP contribution in [0.5, 0.6) is 5.75 Å². The van der Waals surface area contributed by atoms with Gasteiger partial charge < -0.3 is 4.74 Å². The molecule has 0 saturated carbocycles. The molecule has 0 radical (unpaired) electrons. The van der Waals surface area contributed by atoms with Crippen LogP contribution < -0.4 is 10.3 Å². The third-order valence-corrected chi connectivity index (χ3v) is 7.20. The van der Waals surface area contributed by atoms with Gasteiger partial charge in [0.05, 0.1) is 27.1 Å². The number of ether oxygens (including phenoxy) is 1. The van der Waals surface area contributed by atoms with Gasteiger partial charge in [0.15, 0.2) is 0 Å². The number of halogens is 4. The van der Waals surface area contributed by atoms with Crippen LogP contribution in [0.4, 0.5) is 5.69 Å². The number of fused-ring (bicyclic) bond motifs is 1. The minimum absolute atomic E-state index is 0.000740. The van der Waals surface area contributed by atoms with Crippen LogP contribution in [0.3, 0.4) is 0 Å². The second-order valence-electron chi connectivity index (χ2n) is 8.43. The molecule has 0 amide bonds. The number of benzene rings is 3. The first-order valence-electron chi connectivity index (χ1n) is 11.4. The van der Waals surface area contributed by atoms with Crippen LogP contribution in [-0.2, 0) is 6.61 Å². The average molecular weight is 639 g/mol. The number of hydrogen-bond donors (Lipinski definition) is 0. The van der Waals surface area contributed by atoms with Crippen LogP contribution >= 0.6 is 50.7 Å². The smallest absolute Gasteiger partial charge is 0.313 e. The van der Waals surface area contributed by atoms with Gasteiger partial charge in [-0.2, -0.15) is 9.78 Å². The molecule has 0 bridgehead atoms. The Labute approximate surface area is 241 Å². The Kier molecular flexibility index (Phi) is 8.72. The molecule has 196 valence electrons. The molecule has 0 fully saturated rings. The summed E-state index contributed by atoms with van der Waals surface area (Å²) in [6.07, 6.45) is 2.06. The van der Waals surface area contributed by atoms with E-state index < -0.39 is 4.92 Å². The summed E-state index contributed by atoms with van der Waals surface area (Å²) in [4.78, 5) is 29.2. The predicted molar refractivity (Wildman–Crippen MR) is 154 cm³/mol. The van der Waals surface area contributed by atoms with Gasteiger partial charge in [0.1, 0.15) is 12.4 Å². The van der Waals surface area contributed by atoms with Crippen LogP contribution in [-0.4, -0.2) is 20.8 Å². The van der Waals surface area contributed by atoms with Crippen LogP contribution in [0.1, 0.15) is 43.1 Å². The summed E-state index contributed by atoms with van der Waals surface area (Å²) >= 11 is 21.9. The van der Waals surface area contributed by atoms with Crippen molar-refractivity contribution >= 4 is 73.5 Å². The molecule has 1 atom stereocenters. The van der Waals surface area contributed by atoms with Crippen molar-refractivity contribution in [2.75, 3.05) is 0 Å². The second kappa shape index (κ2) is 11.8. The lowest BCUT2D eigenvalue weighted by Crippen LogP contribution is -2.23. The molecular weight excluding hydrogens is 619 g/mol. The molecule has 0 aliphatic carbocycles. The summed E-state index contributed by atoms with van der Waals surface area (Å²) in [5.74, 6) is 0.291. The molecule has 0 saturated heterocycles. The highest BCUT2D eigenvalue weighted by Gasteiger charge is 2.21. The van der Waals surface area contributed by atoms with Crippen molar-refractivity contribution in [3.8, 4) is 5.75 Å². The zero-order valence-electron chi connectivity index (χ0n) is 20.1. The topological polar surface area (TPSA) is 99.6 Å². The number of rotatable bonds is 8. The fraction of sp³-hybridized carbons (Fsp3) is 0.192. The molecule has 0 aliphatic rings. The van der Waals surface area contributed by atoms with E-state index in [-0.39, 0.29) is 34.5 Å². The summed E-state index contributed by atoms with van der Waals surface area (Å²) in [5, 5.41) is 17.4. The third-order valence-electron chi connectivity index (χ3n) is 5.84. The van der Waals surface area contributed by atoms with Gasteiger partial charge in [-0.25, -0.2) is 4.98 Å². The minimum Gasteiger partial charge on any atom is -0.481 e. The first-order chi connectivity index (χ1) is 18.1. The highest BCUT2D eigenvalue weighted by Crippen LogP contribution is 2.37. The van der Waals surface area contributed by atoms with E-state index in [9.17, 15) is 14.9 Å². The summed E-state index contributed by atoms with van der Waals surface area (Å²) in [5.41, 5.74) is 0.720. The fourth-order valence-corrected chi connectivity index (χ4v) is 4.75. The largest absolute Gasteiger partial charge is 0.481 e. The van der Waals surface area contributed by atoms with E-state index in [1.165, 1.54) is 23.0 Å². The SMILES string of the molecule is CC[C@@H](C)c1nc2ccc(Br)cc2c(=O)n1N=Cc1cc(Cl)c(OCc2ccc(Cl)cc2Cl)c([N+](=O)[O-])c1. The Hall–Kier alpha value is -2.98. The van der Waals surface area contributed by atoms with E-state index in [1.807, 2.05) is 19.9 Å². The second-order valence-corrected chi connectivity index (χ2v) is 10.6. The summed E-state index contributed by atoms with van der Waals surface area (Å²) in [6.45, 7) is 3.87. The number of nitro groups is 1. The van der Waals surface area contributed by atoms with Crippen molar-refractivity contribution in [1.29, 1.82) is 0 Å². The van der Waals surface area contributed by atoms with Gasteiger partial charge in [0.25, 0.3) is 5.56 Å². The van der Waals surface area contributed by atoms with E-state index in [2.05, 4.69) is 26.0 Å². The first-order valence-corrected chi connectivity index (χ1v) is 13.3. The lowest BCUT2D eigenvalue weighted by atomic mass is 10.1. The van der Waals surface area contributed by atoms with Crippen molar-refractivity contribution < 1.29 is 9.66 Å². The van der Waals surface area contributed by atoms with Crippen molar-refractivity contribution in [1.82, 2.24) is 9.66 Å². The quantitative estimate of drug-likeness (QED) is 0.111. The van der Waals surface area contributed by atoms with E-state index >= 15 is 0 Å². The van der Waals surface area contributed by atoms with E-state index in [1.54, 1.807) is 30.3 Å². The van der Waals surface area contributed by atoms with Gasteiger partial charge >= 0.3 is 5.69 Å². The Morgan fingerprint density at radius 3 is 2.61 bits per heavy atom. The monoisotopic (exact) mass is 636 g/mol. The molecule has 38 heavy (non-hydrogen) atoms. The highest BCUT2D eigenvalue weighted by molar-refractivity contribution is 9.10. The Balaban J connectivity index is 1.73. The summed E-state index contributed by atoms with van der Waals surface area (Å²) < 4.78 is 7.63. The van der Waals surface area contributed by atoms with Crippen molar-refractivity contribution in [3.05, 3.63) is 105 Å². The molecular formula is C26H20BrCl3N4O4. The predicted octanol–water partition coefficient (Wildman–Crippen LogP) is 8.00. The Morgan fingerprint density at radius 2 is 1.92 bits per heavy atom. The van der Waals surface area contributed by atoms with Gasteiger partial charge in [0.2, 0.25) is 5.75 Å². The molecule has 0 N–H and O–H groups in total. The molecule has 0 aliphatic heterocycles. The van der Waals surface area contributed by atoms with E-state index in [0.717, 1.165) is 10.9 Å². The Bertz CT molecular complexity index is 1640. The van der Waals surface area contributed by atoms with Crippen LogP contribution in [0, 0.1) is 10.1 Å². The summed E-state index contributed by atoms with van der Waals surface area (Å²) in [6, 6.07) is 12.8. The maximum atomic E-state index is 13.3. The van der Waals surface area contributed by atoms with Gasteiger partial charge in [-0.3, -0.25) is 14.9 Å². The van der Waals surface area contributed by atoms with E-state index in [4.69, 9.17) is 39.5 Å². The number of aromatic nitrogens is 2. The van der Waals surface area contributed by atoms with E-state index in [0.29, 0.717) is 37.9 Å². The van der Waals surface area contributed by atoms with Gasteiger partial charge in [-0.05, 0) is 42.8 Å². The Morgan fingerprint density at radius 1 is 1.16 bits per heavy atom. The molecule has 12 heteroatoms. The maximum absolute atomic E-state index is 13.3. The molecule has 4 aromatic rings. The molecule has 0 spiro atoms. The number of nitro benzene ring substituents is 1. The van der Waals surface area contributed by atoms with Gasteiger partial charge in [-0.15, -0.1) is 0 Å². The minimum atomic E-state index is -0.603.